The van der Waals surface area contributed by atoms with Crippen LogP contribution < -0.4 is 5.32 Å². The number of rotatable bonds is 5. The smallest absolute Gasteiger partial charge is 0.243 e. The maximum atomic E-state index is 13.1. The number of anilines is 1. The molecule has 154 valence electrons. The predicted molar refractivity (Wildman–Crippen MR) is 109 cm³/mol. The SMILES string of the molecule is CC(=O)Nc1ccc(C)c(S(=O)(=O)N2CCN(C(=O)Cc3ccccn3)CC2)c1. The topological polar surface area (TPSA) is 99.7 Å². The van der Waals surface area contributed by atoms with Gasteiger partial charge in [-0.25, -0.2) is 8.42 Å². The first-order valence-corrected chi connectivity index (χ1v) is 10.8. The number of nitrogens with one attached hydrogen (secondary N) is 1. The van der Waals surface area contributed by atoms with Crippen molar-refractivity contribution >= 4 is 27.5 Å². The minimum absolute atomic E-state index is 0.0652. The minimum Gasteiger partial charge on any atom is -0.340 e. The van der Waals surface area contributed by atoms with Crippen LogP contribution in [0, 0.1) is 6.92 Å². The zero-order chi connectivity index (χ0) is 21.0. The van der Waals surface area contributed by atoms with Gasteiger partial charge in [0.25, 0.3) is 0 Å². The van der Waals surface area contributed by atoms with Crippen molar-refractivity contribution in [3.05, 3.63) is 53.9 Å². The van der Waals surface area contributed by atoms with E-state index >= 15 is 0 Å². The van der Waals surface area contributed by atoms with Crippen LogP contribution in [0.25, 0.3) is 0 Å². The third-order valence-corrected chi connectivity index (χ3v) is 6.82. The summed E-state index contributed by atoms with van der Waals surface area (Å²) in [5.74, 6) is -0.332. The first-order chi connectivity index (χ1) is 13.8. The Hall–Kier alpha value is -2.78. The van der Waals surface area contributed by atoms with Crippen LogP contribution in [0.15, 0.2) is 47.5 Å². The lowest BCUT2D eigenvalue weighted by Gasteiger charge is -2.34. The summed E-state index contributed by atoms with van der Waals surface area (Å²) in [6, 6.07) is 10.2. The Bertz CT molecular complexity index is 1000. The number of aromatic nitrogens is 1. The lowest BCUT2D eigenvalue weighted by Crippen LogP contribution is -2.51. The third kappa shape index (κ3) is 4.99. The van der Waals surface area contributed by atoms with E-state index in [0.29, 0.717) is 30.0 Å². The highest BCUT2D eigenvalue weighted by Crippen LogP contribution is 2.24. The van der Waals surface area contributed by atoms with E-state index in [1.54, 1.807) is 42.3 Å². The molecule has 1 aromatic carbocycles. The van der Waals surface area contributed by atoms with Gasteiger partial charge in [0.1, 0.15) is 0 Å². The van der Waals surface area contributed by atoms with Crippen LogP contribution >= 0.6 is 0 Å². The number of pyridine rings is 1. The molecule has 0 unspecified atom stereocenters. The van der Waals surface area contributed by atoms with Crippen molar-refractivity contribution < 1.29 is 18.0 Å². The van der Waals surface area contributed by atoms with E-state index in [1.165, 1.54) is 17.3 Å². The van der Waals surface area contributed by atoms with Crippen molar-refractivity contribution in [3.63, 3.8) is 0 Å². The van der Waals surface area contributed by atoms with E-state index in [2.05, 4.69) is 10.3 Å². The van der Waals surface area contributed by atoms with Crippen molar-refractivity contribution in [2.24, 2.45) is 0 Å². The highest BCUT2D eigenvalue weighted by Gasteiger charge is 2.31. The van der Waals surface area contributed by atoms with Gasteiger partial charge in [-0.2, -0.15) is 4.31 Å². The second-order valence-corrected chi connectivity index (χ2v) is 8.85. The van der Waals surface area contributed by atoms with Gasteiger partial charge < -0.3 is 10.2 Å². The Kier molecular flexibility index (Phi) is 6.29. The zero-order valence-corrected chi connectivity index (χ0v) is 17.3. The molecule has 0 spiro atoms. The monoisotopic (exact) mass is 416 g/mol. The maximum Gasteiger partial charge on any atom is 0.243 e. The molecule has 2 aromatic rings. The van der Waals surface area contributed by atoms with E-state index in [4.69, 9.17) is 0 Å². The molecule has 0 bridgehead atoms. The van der Waals surface area contributed by atoms with Crippen LogP contribution in [0.5, 0.6) is 0 Å². The molecule has 1 N–H and O–H groups in total. The van der Waals surface area contributed by atoms with Crippen molar-refractivity contribution in [2.45, 2.75) is 25.2 Å². The fourth-order valence-corrected chi connectivity index (χ4v) is 4.92. The van der Waals surface area contributed by atoms with Crippen LogP contribution in [-0.4, -0.2) is 60.6 Å². The molecule has 0 saturated carbocycles. The lowest BCUT2D eigenvalue weighted by molar-refractivity contribution is -0.131. The van der Waals surface area contributed by atoms with Crippen molar-refractivity contribution in [1.82, 2.24) is 14.2 Å². The first-order valence-electron chi connectivity index (χ1n) is 9.33. The average molecular weight is 417 g/mol. The number of sulfonamides is 1. The normalized spacial score (nSPS) is 15.2. The standard InChI is InChI=1S/C20H24N4O4S/c1-15-6-7-18(22-16(2)25)13-19(15)29(27,28)24-11-9-23(10-12-24)20(26)14-17-5-3-4-8-21-17/h3-8,13H,9-12,14H2,1-2H3,(H,22,25). The quantitative estimate of drug-likeness (QED) is 0.795. The summed E-state index contributed by atoms with van der Waals surface area (Å²) < 4.78 is 27.6. The molecule has 1 aliphatic rings. The van der Waals surface area contributed by atoms with Crippen molar-refractivity contribution in [1.29, 1.82) is 0 Å². The number of nitrogens with zero attached hydrogens (tertiary/aromatic N) is 3. The largest absolute Gasteiger partial charge is 0.340 e. The second-order valence-electron chi connectivity index (χ2n) is 6.94. The van der Waals surface area contributed by atoms with Gasteiger partial charge in [0.05, 0.1) is 11.3 Å². The number of benzene rings is 1. The highest BCUT2D eigenvalue weighted by molar-refractivity contribution is 7.89. The number of carbonyl (C=O) groups is 2. The number of carbonyl (C=O) groups excluding carboxylic acids is 2. The Morgan fingerprint density at radius 3 is 2.45 bits per heavy atom. The fourth-order valence-electron chi connectivity index (χ4n) is 3.25. The summed E-state index contributed by atoms with van der Waals surface area (Å²) in [5, 5.41) is 2.61. The molecule has 1 aliphatic heterocycles. The molecule has 0 aliphatic carbocycles. The minimum atomic E-state index is -3.73. The van der Waals surface area contributed by atoms with E-state index in [1.807, 2.05) is 6.07 Å². The van der Waals surface area contributed by atoms with E-state index < -0.39 is 10.0 Å². The third-order valence-electron chi connectivity index (χ3n) is 4.78. The molecule has 1 saturated heterocycles. The van der Waals surface area contributed by atoms with Gasteiger partial charge in [-0.05, 0) is 36.8 Å². The van der Waals surface area contributed by atoms with Gasteiger partial charge in [0, 0.05) is 50.7 Å². The molecule has 3 rings (SSSR count). The molecule has 1 fully saturated rings. The fraction of sp³-hybridized carbons (Fsp3) is 0.350. The molecule has 2 amide bonds. The van der Waals surface area contributed by atoms with E-state index in [0.717, 1.165) is 0 Å². The zero-order valence-electron chi connectivity index (χ0n) is 16.5. The summed E-state index contributed by atoms with van der Waals surface area (Å²) in [6.07, 6.45) is 1.84. The Morgan fingerprint density at radius 1 is 1.10 bits per heavy atom. The molecule has 0 atom stereocenters. The van der Waals surface area contributed by atoms with E-state index in [9.17, 15) is 18.0 Å². The number of aryl methyl sites for hydroxylation is 1. The predicted octanol–water partition coefficient (Wildman–Crippen LogP) is 1.42. The van der Waals surface area contributed by atoms with Gasteiger partial charge in [0.15, 0.2) is 0 Å². The van der Waals surface area contributed by atoms with Gasteiger partial charge in [0.2, 0.25) is 21.8 Å². The van der Waals surface area contributed by atoms with Crippen LogP contribution in [0.4, 0.5) is 5.69 Å². The molecule has 2 heterocycles. The van der Waals surface area contributed by atoms with Gasteiger partial charge >= 0.3 is 0 Å². The van der Waals surface area contributed by atoms with Gasteiger partial charge in [-0.3, -0.25) is 14.6 Å². The maximum absolute atomic E-state index is 13.1. The van der Waals surface area contributed by atoms with E-state index in [-0.39, 0.29) is 36.2 Å². The molecule has 29 heavy (non-hydrogen) atoms. The Balaban J connectivity index is 1.68. The number of amides is 2. The summed E-state index contributed by atoms with van der Waals surface area (Å²) in [5.41, 5.74) is 1.73. The summed E-state index contributed by atoms with van der Waals surface area (Å²) in [6.45, 7) is 4.19. The highest BCUT2D eigenvalue weighted by atomic mass is 32.2. The molecule has 0 radical (unpaired) electrons. The lowest BCUT2D eigenvalue weighted by atomic mass is 10.2. The van der Waals surface area contributed by atoms with Crippen molar-refractivity contribution in [3.8, 4) is 0 Å². The second kappa shape index (κ2) is 8.71. The molecule has 1 aromatic heterocycles. The Morgan fingerprint density at radius 2 is 1.83 bits per heavy atom. The molecular formula is C20H24N4O4S. The van der Waals surface area contributed by atoms with Crippen molar-refractivity contribution in [2.75, 3.05) is 31.5 Å². The van der Waals surface area contributed by atoms with Crippen LogP contribution in [-0.2, 0) is 26.0 Å². The number of hydrogen-bond donors (Lipinski definition) is 1. The number of hydrogen-bond acceptors (Lipinski definition) is 5. The van der Waals surface area contributed by atoms with Gasteiger partial charge in [-0.15, -0.1) is 0 Å². The Labute approximate surface area is 170 Å². The van der Waals surface area contributed by atoms with Crippen LogP contribution in [0.1, 0.15) is 18.2 Å². The number of piperazine rings is 1. The summed E-state index contributed by atoms with van der Waals surface area (Å²) >= 11 is 0. The average Bonchev–Trinajstić information content (AvgIpc) is 2.70. The van der Waals surface area contributed by atoms with Crippen LogP contribution in [0.3, 0.4) is 0 Å². The molecule has 8 nitrogen and oxygen atoms in total. The van der Waals surface area contributed by atoms with Crippen LogP contribution in [0.2, 0.25) is 0 Å². The molecular weight excluding hydrogens is 392 g/mol. The summed E-state index contributed by atoms with van der Waals surface area (Å²) in [7, 11) is -3.73. The van der Waals surface area contributed by atoms with Gasteiger partial charge in [-0.1, -0.05) is 12.1 Å². The molecule has 9 heteroatoms. The summed E-state index contributed by atoms with van der Waals surface area (Å²) in [4.78, 5) is 29.7. The first kappa shape index (κ1) is 20.9.